The molecule has 1 aromatic heterocycles. The molecule has 1 aliphatic rings. The van der Waals surface area contributed by atoms with Crippen molar-refractivity contribution in [1.82, 2.24) is 0 Å². The SMILES string of the molecule is CN1/C(=C/C=C/c2oc3ccccc3[n+]2C)Oc2ccccc21.COS(=O)(=O)[O-]. The summed E-state index contributed by atoms with van der Waals surface area (Å²) in [6.45, 7) is 0. The van der Waals surface area contributed by atoms with Crippen molar-refractivity contribution in [3.8, 4) is 5.75 Å². The molecule has 0 N–H and O–H groups in total. The van der Waals surface area contributed by atoms with Crippen molar-refractivity contribution in [2.45, 2.75) is 0 Å². The molecule has 4 rings (SSSR count). The van der Waals surface area contributed by atoms with Crippen LogP contribution in [0.1, 0.15) is 5.89 Å². The van der Waals surface area contributed by atoms with E-state index in [4.69, 9.17) is 9.15 Å². The average Bonchev–Trinajstić information content (AvgIpc) is 3.20. The number of aryl methyl sites for hydroxylation is 1. The fraction of sp³-hybridized carbons (Fsp3) is 0.150. The third-order valence-electron chi connectivity index (χ3n) is 4.23. The first-order chi connectivity index (χ1) is 13.8. The summed E-state index contributed by atoms with van der Waals surface area (Å²) in [5.41, 5.74) is 3.02. The Morgan fingerprint density at radius 3 is 2.45 bits per heavy atom. The van der Waals surface area contributed by atoms with Gasteiger partial charge in [-0.25, -0.2) is 8.42 Å². The monoisotopic (exact) mass is 416 g/mol. The van der Waals surface area contributed by atoms with Crippen LogP contribution in [0, 0.1) is 0 Å². The maximum Gasteiger partial charge on any atom is 0.373 e. The number of aromatic nitrogens is 1. The van der Waals surface area contributed by atoms with E-state index in [0.29, 0.717) is 0 Å². The van der Waals surface area contributed by atoms with Crippen LogP contribution in [0.4, 0.5) is 5.69 Å². The van der Waals surface area contributed by atoms with Crippen LogP contribution in [0.5, 0.6) is 5.75 Å². The predicted molar refractivity (Wildman–Crippen MR) is 107 cm³/mol. The summed E-state index contributed by atoms with van der Waals surface area (Å²) in [6.07, 6.45) is 5.82. The van der Waals surface area contributed by atoms with Gasteiger partial charge in [-0.2, -0.15) is 4.57 Å². The zero-order chi connectivity index (χ0) is 21.0. The Morgan fingerprint density at radius 2 is 1.79 bits per heavy atom. The first kappa shape index (κ1) is 20.6. The van der Waals surface area contributed by atoms with Crippen LogP contribution in [0.2, 0.25) is 0 Å². The van der Waals surface area contributed by atoms with E-state index in [1.165, 1.54) is 0 Å². The number of rotatable bonds is 3. The van der Waals surface area contributed by atoms with E-state index in [2.05, 4.69) is 4.18 Å². The van der Waals surface area contributed by atoms with Crippen molar-refractivity contribution in [2.24, 2.45) is 7.05 Å². The van der Waals surface area contributed by atoms with Crippen LogP contribution in [-0.2, 0) is 21.6 Å². The van der Waals surface area contributed by atoms with E-state index < -0.39 is 10.4 Å². The molecule has 0 aliphatic carbocycles. The van der Waals surface area contributed by atoms with Crippen molar-refractivity contribution in [3.63, 3.8) is 0 Å². The number of para-hydroxylation sites is 4. The first-order valence-corrected chi connectivity index (χ1v) is 9.91. The van der Waals surface area contributed by atoms with E-state index in [0.717, 1.165) is 41.4 Å². The van der Waals surface area contributed by atoms with Gasteiger partial charge in [0.2, 0.25) is 16.0 Å². The van der Waals surface area contributed by atoms with E-state index >= 15 is 0 Å². The molecule has 29 heavy (non-hydrogen) atoms. The van der Waals surface area contributed by atoms with E-state index in [9.17, 15) is 13.0 Å². The van der Waals surface area contributed by atoms with Gasteiger partial charge in [0.25, 0.3) is 5.52 Å². The number of anilines is 1. The molecule has 2 heterocycles. The summed E-state index contributed by atoms with van der Waals surface area (Å²) in [4.78, 5) is 2.03. The van der Waals surface area contributed by atoms with Gasteiger partial charge in [-0.3, -0.25) is 4.18 Å². The minimum absolute atomic E-state index is 0.793. The molecule has 3 aromatic rings. The summed E-state index contributed by atoms with van der Waals surface area (Å²) < 4.78 is 44.7. The number of benzene rings is 2. The zero-order valence-corrected chi connectivity index (χ0v) is 16.9. The number of ether oxygens (including phenoxy) is 1. The highest BCUT2D eigenvalue weighted by atomic mass is 32.3. The molecule has 2 aromatic carbocycles. The molecule has 0 amide bonds. The second-order valence-corrected chi connectivity index (χ2v) is 7.18. The number of allylic oxidation sites excluding steroid dienone is 2. The molecule has 8 nitrogen and oxygen atoms in total. The van der Waals surface area contributed by atoms with Crippen LogP contribution in [0.25, 0.3) is 17.2 Å². The highest BCUT2D eigenvalue weighted by Gasteiger charge is 2.21. The summed E-state index contributed by atoms with van der Waals surface area (Å²) in [7, 11) is 0.381. The second-order valence-electron chi connectivity index (χ2n) is 6.03. The Bertz CT molecular complexity index is 1180. The van der Waals surface area contributed by atoms with Crippen LogP contribution in [-0.4, -0.2) is 27.1 Å². The predicted octanol–water partition coefficient (Wildman–Crippen LogP) is 2.73. The summed E-state index contributed by atoms with van der Waals surface area (Å²) in [5, 5.41) is 0. The Kier molecular flexibility index (Phi) is 6.02. The van der Waals surface area contributed by atoms with Crippen molar-refractivity contribution in [1.29, 1.82) is 0 Å². The van der Waals surface area contributed by atoms with Crippen LogP contribution < -0.4 is 14.2 Å². The molecule has 0 fully saturated rings. The molecule has 0 bridgehead atoms. The summed E-state index contributed by atoms with van der Waals surface area (Å²) >= 11 is 0. The van der Waals surface area contributed by atoms with Gasteiger partial charge in [0.05, 0.1) is 18.9 Å². The molecular formula is C20H20N2O6S. The van der Waals surface area contributed by atoms with Crippen LogP contribution >= 0.6 is 0 Å². The number of hydrogen-bond acceptors (Lipinski definition) is 7. The first-order valence-electron chi connectivity index (χ1n) is 8.58. The van der Waals surface area contributed by atoms with Gasteiger partial charge < -0.3 is 18.6 Å². The van der Waals surface area contributed by atoms with Gasteiger partial charge in [0, 0.05) is 13.1 Å². The van der Waals surface area contributed by atoms with Crippen molar-refractivity contribution in [3.05, 3.63) is 72.5 Å². The topological polar surface area (TPSA) is 95.9 Å². The zero-order valence-electron chi connectivity index (χ0n) is 16.1. The minimum Gasteiger partial charge on any atom is -0.726 e. The van der Waals surface area contributed by atoms with Gasteiger partial charge in [0.1, 0.15) is 7.05 Å². The van der Waals surface area contributed by atoms with Crippen LogP contribution in [0.15, 0.2) is 71.0 Å². The van der Waals surface area contributed by atoms with Crippen molar-refractivity contribution >= 4 is 33.3 Å². The van der Waals surface area contributed by atoms with Gasteiger partial charge >= 0.3 is 5.89 Å². The molecule has 0 radical (unpaired) electrons. The highest BCUT2D eigenvalue weighted by molar-refractivity contribution is 7.80. The molecule has 0 saturated heterocycles. The van der Waals surface area contributed by atoms with E-state index in [-0.39, 0.29) is 0 Å². The number of fused-ring (bicyclic) bond motifs is 2. The lowest BCUT2D eigenvalue weighted by Crippen LogP contribution is -2.29. The van der Waals surface area contributed by atoms with Gasteiger partial charge in [-0.1, -0.05) is 24.3 Å². The summed E-state index contributed by atoms with van der Waals surface area (Å²) in [6, 6.07) is 16.0. The maximum atomic E-state index is 9.22. The molecule has 0 unspecified atom stereocenters. The molecule has 0 saturated carbocycles. The Hall–Kier alpha value is -3.14. The Morgan fingerprint density at radius 1 is 1.14 bits per heavy atom. The maximum absolute atomic E-state index is 9.22. The van der Waals surface area contributed by atoms with Crippen molar-refractivity contribution in [2.75, 3.05) is 19.1 Å². The van der Waals surface area contributed by atoms with E-state index in [1.807, 2.05) is 90.3 Å². The fourth-order valence-electron chi connectivity index (χ4n) is 2.75. The largest absolute Gasteiger partial charge is 0.726 e. The number of oxazole rings is 1. The molecule has 152 valence electrons. The Labute approximate surface area is 168 Å². The lowest BCUT2D eigenvalue weighted by Gasteiger charge is -2.09. The molecule has 1 aliphatic heterocycles. The normalized spacial score (nSPS) is 14.8. The smallest absolute Gasteiger partial charge is 0.373 e. The second kappa shape index (κ2) is 8.48. The Balaban J connectivity index is 0.000000353. The molecule has 0 atom stereocenters. The summed E-state index contributed by atoms with van der Waals surface area (Å²) in [5.74, 6) is 2.46. The molecular weight excluding hydrogens is 396 g/mol. The molecule has 0 spiro atoms. The third kappa shape index (κ3) is 4.83. The lowest BCUT2D eigenvalue weighted by atomic mass is 10.3. The van der Waals surface area contributed by atoms with Crippen molar-refractivity contribution < 1.29 is 30.9 Å². The number of hydrogen-bond donors (Lipinski definition) is 0. The lowest BCUT2D eigenvalue weighted by molar-refractivity contribution is -0.652. The highest BCUT2D eigenvalue weighted by Crippen LogP contribution is 2.37. The quantitative estimate of drug-likeness (QED) is 0.368. The van der Waals surface area contributed by atoms with E-state index in [1.54, 1.807) is 0 Å². The standard InChI is InChI=1S/C19H17N2O2.CH4O4S/c1-20-14-8-3-5-10-16(14)22-18(20)12-7-13-19-21(2)15-9-4-6-11-17(15)23-19;1-5-6(2,3)4/h3-13H,1-2H3;1H3,(H,2,3,4)/q+1;/p-1. The van der Waals surface area contributed by atoms with Gasteiger partial charge in [-0.15, -0.1) is 0 Å². The fourth-order valence-corrected chi connectivity index (χ4v) is 2.75. The minimum atomic E-state index is -4.41. The van der Waals surface area contributed by atoms with Crippen LogP contribution in [0.3, 0.4) is 0 Å². The van der Waals surface area contributed by atoms with Gasteiger partial charge in [0.15, 0.2) is 11.6 Å². The third-order valence-corrected chi connectivity index (χ3v) is 4.63. The average molecular weight is 416 g/mol. The molecule has 9 heteroatoms. The van der Waals surface area contributed by atoms with Gasteiger partial charge in [-0.05, 0) is 30.4 Å². The number of nitrogens with zero attached hydrogens (tertiary/aromatic N) is 2.